The van der Waals surface area contributed by atoms with Crippen molar-refractivity contribution in [1.82, 2.24) is 4.90 Å². The lowest BCUT2D eigenvalue weighted by molar-refractivity contribution is 0.0696. The second-order valence-electron chi connectivity index (χ2n) is 6.61. The van der Waals surface area contributed by atoms with Gasteiger partial charge in [-0.05, 0) is 48.7 Å². The van der Waals surface area contributed by atoms with E-state index in [0.29, 0.717) is 5.56 Å². The van der Waals surface area contributed by atoms with E-state index in [2.05, 4.69) is 15.9 Å². The molecular formula is C20H23ClN2O2. The first-order valence-corrected chi connectivity index (χ1v) is 8.89. The highest BCUT2D eigenvalue weighted by atomic mass is 35.5. The number of carboxylic acids is 1. The van der Waals surface area contributed by atoms with Gasteiger partial charge >= 0.3 is 5.97 Å². The third kappa shape index (κ3) is 3.97. The fraction of sp³-hybridized carbons (Fsp3) is 0.350. The molecule has 0 spiro atoms. The Balaban J connectivity index is 1.68. The summed E-state index contributed by atoms with van der Waals surface area (Å²) in [5.41, 5.74) is 4.54. The molecule has 1 fully saturated rings. The number of piperazine rings is 1. The highest BCUT2D eigenvalue weighted by molar-refractivity contribution is 6.33. The maximum absolute atomic E-state index is 11.4. The summed E-state index contributed by atoms with van der Waals surface area (Å²) in [6.45, 7) is 8.38. The van der Waals surface area contributed by atoms with Crippen LogP contribution in [0.1, 0.15) is 27.0 Å². The minimum atomic E-state index is -0.859. The third-order valence-corrected chi connectivity index (χ3v) is 5.19. The topological polar surface area (TPSA) is 43.8 Å². The molecule has 1 saturated heterocycles. The molecule has 0 atom stereocenters. The quantitative estimate of drug-likeness (QED) is 0.897. The van der Waals surface area contributed by atoms with E-state index in [1.54, 1.807) is 0 Å². The number of nitrogens with zero attached hydrogens (tertiary/aromatic N) is 2. The Morgan fingerprint density at radius 2 is 1.76 bits per heavy atom. The number of aryl methyl sites for hydroxylation is 2. The summed E-state index contributed by atoms with van der Waals surface area (Å²) >= 11 is 6.30. The minimum absolute atomic E-state index is 0.398. The average molecular weight is 359 g/mol. The lowest BCUT2D eigenvalue weighted by Gasteiger charge is -2.36. The predicted octanol–water partition coefficient (Wildman–Crippen LogP) is 3.98. The van der Waals surface area contributed by atoms with Gasteiger partial charge in [0.05, 0.1) is 16.3 Å². The number of carboxylic acid groups (broad SMARTS) is 1. The summed E-state index contributed by atoms with van der Waals surface area (Å²) < 4.78 is 0. The van der Waals surface area contributed by atoms with Crippen molar-refractivity contribution in [1.29, 1.82) is 0 Å². The van der Waals surface area contributed by atoms with Gasteiger partial charge in [-0.1, -0.05) is 29.8 Å². The molecule has 2 aromatic rings. The Bertz CT molecular complexity index is 783. The van der Waals surface area contributed by atoms with Crippen molar-refractivity contribution >= 4 is 23.3 Å². The number of aromatic carboxylic acids is 1. The van der Waals surface area contributed by atoms with Gasteiger partial charge in [-0.3, -0.25) is 4.90 Å². The molecule has 0 unspecified atom stereocenters. The predicted molar refractivity (Wildman–Crippen MR) is 102 cm³/mol. The Labute approximate surface area is 153 Å². The number of rotatable bonds is 4. The second kappa shape index (κ2) is 7.46. The molecule has 1 N–H and O–H groups in total. The zero-order valence-electron chi connectivity index (χ0n) is 14.6. The van der Waals surface area contributed by atoms with Crippen LogP contribution in [0.15, 0.2) is 36.4 Å². The Kier molecular flexibility index (Phi) is 5.30. The molecular weight excluding hydrogens is 336 g/mol. The normalized spacial score (nSPS) is 15.4. The summed E-state index contributed by atoms with van der Waals surface area (Å²) in [4.78, 5) is 16.1. The zero-order valence-corrected chi connectivity index (χ0v) is 15.4. The lowest BCUT2D eigenvalue weighted by atomic mass is 9.99. The molecule has 0 radical (unpaired) electrons. The van der Waals surface area contributed by atoms with Gasteiger partial charge in [-0.2, -0.15) is 0 Å². The van der Waals surface area contributed by atoms with Crippen molar-refractivity contribution in [3.8, 4) is 0 Å². The minimum Gasteiger partial charge on any atom is -0.478 e. The summed E-state index contributed by atoms with van der Waals surface area (Å²) in [5, 5.41) is 10.1. The van der Waals surface area contributed by atoms with Gasteiger partial charge < -0.3 is 10.0 Å². The van der Waals surface area contributed by atoms with Gasteiger partial charge in [-0.25, -0.2) is 4.79 Å². The van der Waals surface area contributed by atoms with E-state index in [0.717, 1.165) is 60.1 Å². The van der Waals surface area contributed by atoms with Gasteiger partial charge in [-0.15, -0.1) is 0 Å². The molecule has 1 aliphatic rings. The number of benzene rings is 2. The van der Waals surface area contributed by atoms with Crippen LogP contribution in [0.3, 0.4) is 0 Å². The van der Waals surface area contributed by atoms with Gasteiger partial charge in [0, 0.05) is 32.7 Å². The Morgan fingerprint density at radius 3 is 2.40 bits per heavy atom. The first kappa shape index (κ1) is 17.8. The molecule has 3 rings (SSSR count). The molecule has 2 aromatic carbocycles. The Morgan fingerprint density at radius 1 is 1.08 bits per heavy atom. The van der Waals surface area contributed by atoms with Crippen LogP contribution < -0.4 is 4.90 Å². The number of para-hydroxylation sites is 1. The van der Waals surface area contributed by atoms with E-state index in [1.165, 1.54) is 0 Å². The first-order chi connectivity index (χ1) is 12.0. The smallest absolute Gasteiger partial charge is 0.335 e. The van der Waals surface area contributed by atoms with Crippen LogP contribution in [-0.4, -0.2) is 42.2 Å². The van der Waals surface area contributed by atoms with E-state index in [9.17, 15) is 9.90 Å². The first-order valence-electron chi connectivity index (χ1n) is 8.51. The number of anilines is 1. The lowest BCUT2D eigenvalue weighted by Crippen LogP contribution is -2.46. The SMILES string of the molecule is Cc1cc(C)c(C(=O)O)cc1CN1CCN(c2ccccc2Cl)CC1. The van der Waals surface area contributed by atoms with Gasteiger partial charge in [0.25, 0.3) is 0 Å². The molecule has 1 heterocycles. The molecule has 25 heavy (non-hydrogen) atoms. The second-order valence-corrected chi connectivity index (χ2v) is 7.02. The monoisotopic (exact) mass is 358 g/mol. The van der Waals surface area contributed by atoms with Gasteiger partial charge in [0.1, 0.15) is 0 Å². The standard InChI is InChI=1S/C20H23ClN2O2/c1-14-11-15(2)17(20(24)25)12-16(14)13-22-7-9-23(10-8-22)19-6-4-3-5-18(19)21/h3-6,11-12H,7-10,13H2,1-2H3,(H,24,25). The number of hydrogen-bond acceptors (Lipinski definition) is 3. The Hall–Kier alpha value is -2.04. The van der Waals surface area contributed by atoms with E-state index in [-0.39, 0.29) is 0 Å². The number of halogens is 1. The average Bonchev–Trinajstić information content (AvgIpc) is 2.58. The molecule has 0 amide bonds. The van der Waals surface area contributed by atoms with E-state index in [1.807, 2.05) is 44.2 Å². The zero-order chi connectivity index (χ0) is 18.0. The summed E-state index contributed by atoms with van der Waals surface area (Å²) in [7, 11) is 0. The molecule has 0 aromatic heterocycles. The number of hydrogen-bond donors (Lipinski definition) is 1. The van der Waals surface area contributed by atoms with Gasteiger partial charge in [0.15, 0.2) is 0 Å². The summed E-state index contributed by atoms with van der Waals surface area (Å²) in [6, 6.07) is 11.7. The summed E-state index contributed by atoms with van der Waals surface area (Å²) in [5.74, 6) is -0.859. The van der Waals surface area contributed by atoms with E-state index < -0.39 is 5.97 Å². The van der Waals surface area contributed by atoms with Crippen LogP contribution in [0.4, 0.5) is 5.69 Å². The fourth-order valence-corrected chi connectivity index (χ4v) is 3.65. The number of carbonyl (C=O) groups is 1. The van der Waals surface area contributed by atoms with Crippen molar-refractivity contribution in [2.45, 2.75) is 20.4 Å². The highest BCUT2D eigenvalue weighted by Crippen LogP contribution is 2.26. The molecule has 132 valence electrons. The third-order valence-electron chi connectivity index (χ3n) is 4.87. The van der Waals surface area contributed by atoms with Crippen LogP contribution in [-0.2, 0) is 6.54 Å². The van der Waals surface area contributed by atoms with E-state index in [4.69, 9.17) is 11.6 Å². The van der Waals surface area contributed by atoms with Crippen molar-refractivity contribution < 1.29 is 9.90 Å². The molecule has 0 aliphatic carbocycles. The van der Waals surface area contributed by atoms with Gasteiger partial charge in [0.2, 0.25) is 0 Å². The van der Waals surface area contributed by atoms with Crippen LogP contribution in [0.2, 0.25) is 5.02 Å². The molecule has 0 bridgehead atoms. The van der Waals surface area contributed by atoms with Crippen LogP contribution in [0.25, 0.3) is 0 Å². The molecule has 0 saturated carbocycles. The van der Waals surface area contributed by atoms with E-state index >= 15 is 0 Å². The van der Waals surface area contributed by atoms with Crippen molar-refractivity contribution in [3.63, 3.8) is 0 Å². The molecule has 4 nitrogen and oxygen atoms in total. The van der Waals surface area contributed by atoms with Crippen LogP contribution in [0.5, 0.6) is 0 Å². The maximum Gasteiger partial charge on any atom is 0.335 e. The largest absolute Gasteiger partial charge is 0.478 e. The maximum atomic E-state index is 11.4. The molecule has 1 aliphatic heterocycles. The van der Waals surface area contributed by atoms with Crippen molar-refractivity contribution in [2.75, 3.05) is 31.1 Å². The van der Waals surface area contributed by atoms with Crippen molar-refractivity contribution in [2.24, 2.45) is 0 Å². The van der Waals surface area contributed by atoms with Crippen molar-refractivity contribution in [3.05, 3.63) is 63.7 Å². The molecule has 5 heteroatoms. The van der Waals surface area contributed by atoms with Crippen LogP contribution >= 0.6 is 11.6 Å². The highest BCUT2D eigenvalue weighted by Gasteiger charge is 2.20. The summed E-state index contributed by atoms with van der Waals surface area (Å²) in [6.07, 6.45) is 0. The van der Waals surface area contributed by atoms with Crippen LogP contribution in [0, 0.1) is 13.8 Å². The fourth-order valence-electron chi connectivity index (χ4n) is 3.39.